The molecular weight excluding hydrogens is 336 g/mol. The summed E-state index contributed by atoms with van der Waals surface area (Å²) in [6.07, 6.45) is 1.48. The number of hydrogen-bond acceptors (Lipinski definition) is 4. The van der Waals surface area contributed by atoms with Crippen LogP contribution in [0, 0.1) is 0 Å². The van der Waals surface area contributed by atoms with Gasteiger partial charge in [-0.25, -0.2) is 0 Å². The van der Waals surface area contributed by atoms with Crippen molar-refractivity contribution in [1.82, 2.24) is 10.6 Å². The predicted molar refractivity (Wildman–Crippen MR) is 84.7 cm³/mol. The minimum absolute atomic E-state index is 0.106. The van der Waals surface area contributed by atoms with E-state index >= 15 is 0 Å². The molecule has 5 nitrogen and oxygen atoms in total. The molecule has 1 aliphatic rings. The summed E-state index contributed by atoms with van der Waals surface area (Å²) in [7, 11) is 1.64. The molecule has 0 radical (unpaired) electrons. The van der Waals surface area contributed by atoms with Crippen LogP contribution in [0.5, 0.6) is 11.5 Å². The highest BCUT2D eigenvalue weighted by atomic mass is 79.9. The molecule has 1 saturated heterocycles. The first-order valence-electron chi connectivity index (χ1n) is 7.13. The van der Waals surface area contributed by atoms with Gasteiger partial charge in [-0.15, -0.1) is 0 Å². The van der Waals surface area contributed by atoms with Crippen LogP contribution in [0.15, 0.2) is 16.6 Å². The predicted octanol–water partition coefficient (Wildman–Crippen LogP) is 2.22. The Labute approximate surface area is 133 Å². The van der Waals surface area contributed by atoms with Gasteiger partial charge in [-0.05, 0) is 40.0 Å². The number of rotatable bonds is 7. The van der Waals surface area contributed by atoms with Crippen molar-refractivity contribution in [2.75, 3.05) is 20.3 Å². The van der Waals surface area contributed by atoms with Gasteiger partial charge in [0.2, 0.25) is 5.91 Å². The van der Waals surface area contributed by atoms with Crippen LogP contribution in [0.3, 0.4) is 0 Å². The third-order valence-electron chi connectivity index (χ3n) is 3.31. The number of halogens is 1. The van der Waals surface area contributed by atoms with E-state index in [1.165, 1.54) is 0 Å². The molecule has 116 valence electrons. The molecule has 2 rings (SSSR count). The second-order valence-corrected chi connectivity index (χ2v) is 5.90. The molecule has 1 aliphatic heterocycles. The lowest BCUT2D eigenvalue weighted by Crippen LogP contribution is -2.30. The molecule has 0 saturated carbocycles. The van der Waals surface area contributed by atoms with Crippen LogP contribution in [-0.2, 0) is 11.3 Å². The highest BCUT2D eigenvalue weighted by molar-refractivity contribution is 9.10. The topological polar surface area (TPSA) is 59.6 Å². The number of methoxy groups -OCH3 is 1. The molecule has 2 N–H and O–H groups in total. The molecule has 0 spiro atoms. The van der Waals surface area contributed by atoms with Gasteiger partial charge in [-0.3, -0.25) is 4.79 Å². The van der Waals surface area contributed by atoms with E-state index in [-0.39, 0.29) is 11.9 Å². The summed E-state index contributed by atoms with van der Waals surface area (Å²) in [4.78, 5) is 11.2. The smallest absolute Gasteiger partial charge is 0.221 e. The van der Waals surface area contributed by atoms with Gasteiger partial charge in [0, 0.05) is 25.6 Å². The zero-order chi connectivity index (χ0) is 15.2. The van der Waals surface area contributed by atoms with Crippen molar-refractivity contribution < 1.29 is 14.3 Å². The quantitative estimate of drug-likeness (QED) is 0.786. The molecule has 0 aliphatic carbocycles. The van der Waals surface area contributed by atoms with Gasteiger partial charge in [0.1, 0.15) is 0 Å². The van der Waals surface area contributed by atoms with Crippen molar-refractivity contribution >= 4 is 21.8 Å². The van der Waals surface area contributed by atoms with Gasteiger partial charge in [0.15, 0.2) is 11.5 Å². The number of carbonyl (C=O) groups is 1. The summed E-state index contributed by atoms with van der Waals surface area (Å²) in [5.41, 5.74) is 1.09. The molecule has 6 heteroatoms. The Hall–Kier alpha value is -1.27. The first-order chi connectivity index (χ1) is 10.1. The van der Waals surface area contributed by atoms with E-state index < -0.39 is 0 Å². The van der Waals surface area contributed by atoms with Gasteiger partial charge in [0.25, 0.3) is 0 Å². The van der Waals surface area contributed by atoms with Gasteiger partial charge < -0.3 is 20.1 Å². The first-order valence-corrected chi connectivity index (χ1v) is 7.92. The Bertz CT molecular complexity index is 508. The van der Waals surface area contributed by atoms with Crippen molar-refractivity contribution in [3.8, 4) is 11.5 Å². The number of amides is 1. The number of benzene rings is 1. The van der Waals surface area contributed by atoms with Gasteiger partial charge in [-0.1, -0.05) is 6.92 Å². The Balaban J connectivity index is 2.03. The van der Waals surface area contributed by atoms with E-state index in [0.29, 0.717) is 26.1 Å². The molecule has 0 bridgehead atoms. The summed E-state index contributed by atoms with van der Waals surface area (Å²) in [5, 5.41) is 6.19. The normalized spacial score (nSPS) is 17.7. The largest absolute Gasteiger partial charge is 0.493 e. The van der Waals surface area contributed by atoms with E-state index in [4.69, 9.17) is 9.47 Å². The minimum atomic E-state index is 0.106. The standard InChI is InChI=1S/C15H21BrN2O3/c1-3-4-21-15-12(16)5-10(6-13(15)20-2)8-17-11-7-14(19)18-9-11/h5-6,11,17H,3-4,7-9H2,1-2H3,(H,18,19). The van der Waals surface area contributed by atoms with Crippen LogP contribution >= 0.6 is 15.9 Å². The van der Waals surface area contributed by atoms with Gasteiger partial charge >= 0.3 is 0 Å². The van der Waals surface area contributed by atoms with E-state index in [9.17, 15) is 4.79 Å². The van der Waals surface area contributed by atoms with E-state index in [1.807, 2.05) is 12.1 Å². The summed E-state index contributed by atoms with van der Waals surface area (Å²) < 4.78 is 12.0. The Kier molecular flexibility index (Phi) is 5.87. The number of ether oxygens (including phenoxy) is 2. The number of carbonyl (C=O) groups excluding carboxylic acids is 1. The molecule has 1 aromatic rings. The average Bonchev–Trinajstić information content (AvgIpc) is 2.89. The lowest BCUT2D eigenvalue weighted by Gasteiger charge is -2.15. The van der Waals surface area contributed by atoms with Crippen LogP contribution < -0.4 is 20.1 Å². The maximum absolute atomic E-state index is 11.2. The zero-order valence-corrected chi connectivity index (χ0v) is 14.0. The lowest BCUT2D eigenvalue weighted by molar-refractivity contribution is -0.119. The van der Waals surface area contributed by atoms with Crippen molar-refractivity contribution in [3.05, 3.63) is 22.2 Å². The lowest BCUT2D eigenvalue weighted by atomic mass is 10.1. The highest BCUT2D eigenvalue weighted by Crippen LogP contribution is 2.36. The van der Waals surface area contributed by atoms with Crippen LogP contribution in [-0.4, -0.2) is 32.2 Å². The molecule has 1 atom stereocenters. The van der Waals surface area contributed by atoms with Crippen LogP contribution in [0.2, 0.25) is 0 Å². The zero-order valence-electron chi connectivity index (χ0n) is 12.4. The van der Waals surface area contributed by atoms with Crippen molar-refractivity contribution in [1.29, 1.82) is 0 Å². The summed E-state index contributed by atoms with van der Waals surface area (Å²) >= 11 is 3.53. The molecule has 21 heavy (non-hydrogen) atoms. The van der Waals surface area contributed by atoms with E-state index in [1.54, 1.807) is 7.11 Å². The Morgan fingerprint density at radius 3 is 2.90 bits per heavy atom. The second kappa shape index (κ2) is 7.66. The van der Waals surface area contributed by atoms with E-state index in [2.05, 4.69) is 33.5 Å². The maximum Gasteiger partial charge on any atom is 0.221 e. The van der Waals surface area contributed by atoms with Crippen LogP contribution in [0.25, 0.3) is 0 Å². The third kappa shape index (κ3) is 4.35. The molecule has 1 unspecified atom stereocenters. The Morgan fingerprint density at radius 2 is 2.29 bits per heavy atom. The Morgan fingerprint density at radius 1 is 1.48 bits per heavy atom. The molecule has 0 aromatic heterocycles. The molecule has 1 aromatic carbocycles. The molecule has 1 fully saturated rings. The maximum atomic E-state index is 11.2. The molecule has 1 heterocycles. The van der Waals surface area contributed by atoms with Crippen LogP contribution in [0.4, 0.5) is 0 Å². The SMILES string of the molecule is CCCOc1c(Br)cc(CNC2CNC(=O)C2)cc1OC. The molecular formula is C15H21BrN2O3. The van der Waals surface area contributed by atoms with Gasteiger partial charge in [0.05, 0.1) is 18.2 Å². The van der Waals surface area contributed by atoms with Gasteiger partial charge in [-0.2, -0.15) is 0 Å². The van der Waals surface area contributed by atoms with Crippen molar-refractivity contribution in [3.63, 3.8) is 0 Å². The van der Waals surface area contributed by atoms with Crippen LogP contribution in [0.1, 0.15) is 25.3 Å². The number of nitrogens with one attached hydrogen (secondary N) is 2. The summed E-state index contributed by atoms with van der Waals surface area (Å²) in [6.45, 7) is 4.09. The summed E-state index contributed by atoms with van der Waals surface area (Å²) in [6, 6.07) is 4.18. The minimum Gasteiger partial charge on any atom is -0.493 e. The fourth-order valence-electron chi connectivity index (χ4n) is 2.23. The first kappa shape index (κ1) is 16.1. The third-order valence-corrected chi connectivity index (χ3v) is 3.90. The fourth-order valence-corrected chi connectivity index (χ4v) is 2.84. The van der Waals surface area contributed by atoms with Crippen molar-refractivity contribution in [2.24, 2.45) is 0 Å². The van der Waals surface area contributed by atoms with E-state index in [0.717, 1.165) is 28.0 Å². The molecule has 1 amide bonds. The fraction of sp³-hybridized carbons (Fsp3) is 0.533. The van der Waals surface area contributed by atoms with Crippen molar-refractivity contribution in [2.45, 2.75) is 32.4 Å². The second-order valence-electron chi connectivity index (χ2n) is 5.04. The highest BCUT2D eigenvalue weighted by Gasteiger charge is 2.21. The summed E-state index contributed by atoms with van der Waals surface area (Å²) in [5.74, 6) is 1.56. The monoisotopic (exact) mass is 356 g/mol. The number of hydrogen-bond donors (Lipinski definition) is 2. The average molecular weight is 357 g/mol.